The molecule has 2 rings (SSSR count). The molecule has 1 aromatic heterocycles. The van der Waals surface area contributed by atoms with Gasteiger partial charge in [-0.3, -0.25) is 4.98 Å². The van der Waals surface area contributed by atoms with E-state index in [1.54, 1.807) is 24.2 Å². The van der Waals surface area contributed by atoms with Crippen LogP contribution < -0.4 is 5.32 Å². The Hall–Kier alpha value is -1.55. The number of thioether (sulfide) groups is 1. The third kappa shape index (κ3) is 2.97. The SMILES string of the molecule is CNc1cncc(SCc2ccccc2)n1. The summed E-state index contributed by atoms with van der Waals surface area (Å²) in [5.74, 6) is 1.72. The zero-order valence-electron chi connectivity index (χ0n) is 9.05. The number of anilines is 1. The van der Waals surface area contributed by atoms with E-state index in [4.69, 9.17) is 0 Å². The summed E-state index contributed by atoms with van der Waals surface area (Å²) in [7, 11) is 1.84. The highest BCUT2D eigenvalue weighted by molar-refractivity contribution is 7.98. The van der Waals surface area contributed by atoms with Crippen LogP contribution in [0.5, 0.6) is 0 Å². The summed E-state index contributed by atoms with van der Waals surface area (Å²) >= 11 is 1.69. The molecule has 0 saturated carbocycles. The number of nitrogens with one attached hydrogen (secondary N) is 1. The smallest absolute Gasteiger partial charge is 0.145 e. The summed E-state index contributed by atoms with van der Waals surface area (Å²) in [4.78, 5) is 8.52. The first-order valence-corrected chi connectivity index (χ1v) is 6.03. The van der Waals surface area contributed by atoms with Crippen LogP contribution in [-0.4, -0.2) is 17.0 Å². The van der Waals surface area contributed by atoms with E-state index >= 15 is 0 Å². The van der Waals surface area contributed by atoms with Crippen LogP contribution in [0.2, 0.25) is 0 Å². The molecule has 0 amide bonds. The lowest BCUT2D eigenvalue weighted by molar-refractivity contribution is 1.05. The van der Waals surface area contributed by atoms with Crippen molar-refractivity contribution in [3.8, 4) is 0 Å². The van der Waals surface area contributed by atoms with Gasteiger partial charge in [0.05, 0.1) is 12.4 Å². The lowest BCUT2D eigenvalue weighted by Crippen LogP contribution is -1.94. The molecule has 0 aliphatic carbocycles. The number of hydrogen-bond donors (Lipinski definition) is 1. The fourth-order valence-electron chi connectivity index (χ4n) is 1.27. The van der Waals surface area contributed by atoms with Gasteiger partial charge in [-0.05, 0) is 5.56 Å². The van der Waals surface area contributed by atoms with Crippen LogP contribution in [-0.2, 0) is 5.75 Å². The maximum Gasteiger partial charge on any atom is 0.145 e. The predicted octanol–water partition coefficient (Wildman–Crippen LogP) is 2.81. The van der Waals surface area contributed by atoms with Crippen molar-refractivity contribution < 1.29 is 0 Å². The van der Waals surface area contributed by atoms with Crippen molar-refractivity contribution in [3.05, 3.63) is 48.3 Å². The Morgan fingerprint density at radius 2 is 2.00 bits per heavy atom. The maximum atomic E-state index is 4.40. The highest BCUT2D eigenvalue weighted by atomic mass is 32.2. The van der Waals surface area contributed by atoms with E-state index in [0.29, 0.717) is 0 Å². The van der Waals surface area contributed by atoms with E-state index < -0.39 is 0 Å². The molecule has 0 radical (unpaired) electrons. The number of benzene rings is 1. The largest absolute Gasteiger partial charge is 0.372 e. The summed E-state index contributed by atoms with van der Waals surface area (Å²) in [5, 5.41) is 3.92. The molecule has 0 bridgehead atoms. The number of nitrogens with zero attached hydrogens (tertiary/aromatic N) is 2. The van der Waals surface area contributed by atoms with Crippen molar-refractivity contribution in [2.24, 2.45) is 0 Å². The Morgan fingerprint density at radius 1 is 1.19 bits per heavy atom. The van der Waals surface area contributed by atoms with Crippen molar-refractivity contribution in [2.75, 3.05) is 12.4 Å². The number of rotatable bonds is 4. The van der Waals surface area contributed by atoms with Crippen LogP contribution in [0.25, 0.3) is 0 Å². The Bertz CT molecular complexity index is 445. The molecule has 0 aliphatic rings. The van der Waals surface area contributed by atoms with Gasteiger partial charge in [0.15, 0.2) is 0 Å². The lowest BCUT2D eigenvalue weighted by atomic mass is 10.2. The van der Waals surface area contributed by atoms with Crippen LogP contribution in [0, 0.1) is 0 Å². The molecule has 16 heavy (non-hydrogen) atoms. The van der Waals surface area contributed by atoms with Gasteiger partial charge in [-0.25, -0.2) is 4.98 Å². The molecule has 0 saturated heterocycles. The Morgan fingerprint density at radius 3 is 2.75 bits per heavy atom. The zero-order chi connectivity index (χ0) is 11.2. The highest BCUT2D eigenvalue weighted by Crippen LogP contribution is 2.20. The predicted molar refractivity (Wildman–Crippen MR) is 67.6 cm³/mol. The zero-order valence-corrected chi connectivity index (χ0v) is 9.87. The number of hydrogen-bond acceptors (Lipinski definition) is 4. The average molecular weight is 231 g/mol. The molecule has 1 aromatic carbocycles. The van der Waals surface area contributed by atoms with Gasteiger partial charge in [-0.2, -0.15) is 0 Å². The topological polar surface area (TPSA) is 37.8 Å². The quantitative estimate of drug-likeness (QED) is 0.821. The summed E-state index contributed by atoms with van der Waals surface area (Å²) in [6.45, 7) is 0. The molecule has 0 fully saturated rings. The van der Waals surface area contributed by atoms with E-state index in [2.05, 4.69) is 27.4 Å². The summed E-state index contributed by atoms with van der Waals surface area (Å²) < 4.78 is 0. The van der Waals surface area contributed by atoms with Gasteiger partial charge in [0.25, 0.3) is 0 Å². The standard InChI is InChI=1S/C12H13N3S/c1-13-11-7-14-8-12(15-11)16-9-10-5-3-2-4-6-10/h2-8H,9H2,1H3,(H,13,15). The second kappa shape index (κ2) is 5.51. The van der Waals surface area contributed by atoms with E-state index in [1.807, 2.05) is 25.2 Å². The first kappa shape index (κ1) is 11.0. The Balaban J connectivity index is 1.99. The van der Waals surface area contributed by atoms with Gasteiger partial charge < -0.3 is 5.32 Å². The van der Waals surface area contributed by atoms with Gasteiger partial charge in [-0.1, -0.05) is 30.3 Å². The monoisotopic (exact) mass is 231 g/mol. The van der Waals surface area contributed by atoms with Crippen molar-refractivity contribution in [1.29, 1.82) is 0 Å². The minimum absolute atomic E-state index is 0.804. The molecule has 0 unspecified atom stereocenters. The molecular weight excluding hydrogens is 218 g/mol. The Kier molecular flexibility index (Phi) is 3.77. The fraction of sp³-hybridized carbons (Fsp3) is 0.167. The third-order valence-corrected chi connectivity index (χ3v) is 3.07. The van der Waals surface area contributed by atoms with Crippen LogP contribution >= 0.6 is 11.8 Å². The fourth-order valence-corrected chi connectivity index (χ4v) is 2.07. The summed E-state index contributed by atoms with van der Waals surface area (Å²) in [6.07, 6.45) is 3.50. The van der Waals surface area contributed by atoms with Crippen molar-refractivity contribution >= 4 is 17.6 Å². The van der Waals surface area contributed by atoms with Crippen LogP contribution in [0.1, 0.15) is 5.56 Å². The molecule has 0 atom stereocenters. The minimum atomic E-state index is 0.804. The van der Waals surface area contributed by atoms with Crippen LogP contribution in [0.3, 0.4) is 0 Å². The van der Waals surface area contributed by atoms with Crippen LogP contribution in [0.4, 0.5) is 5.82 Å². The van der Waals surface area contributed by atoms with E-state index in [-0.39, 0.29) is 0 Å². The second-order valence-electron chi connectivity index (χ2n) is 3.27. The van der Waals surface area contributed by atoms with Gasteiger partial charge in [0.2, 0.25) is 0 Å². The normalized spacial score (nSPS) is 10.1. The molecule has 2 aromatic rings. The van der Waals surface area contributed by atoms with E-state index in [1.165, 1.54) is 5.56 Å². The summed E-state index contributed by atoms with van der Waals surface area (Å²) in [6, 6.07) is 10.3. The van der Waals surface area contributed by atoms with Crippen molar-refractivity contribution in [3.63, 3.8) is 0 Å². The van der Waals surface area contributed by atoms with Gasteiger partial charge in [0, 0.05) is 12.8 Å². The molecule has 0 aliphatic heterocycles. The lowest BCUT2D eigenvalue weighted by Gasteiger charge is -2.03. The molecular formula is C12H13N3S. The average Bonchev–Trinajstić information content (AvgIpc) is 2.38. The van der Waals surface area contributed by atoms with Crippen LogP contribution in [0.15, 0.2) is 47.8 Å². The molecule has 1 heterocycles. The van der Waals surface area contributed by atoms with Gasteiger partial charge in [0.1, 0.15) is 10.8 Å². The molecule has 4 heteroatoms. The van der Waals surface area contributed by atoms with E-state index in [9.17, 15) is 0 Å². The first-order chi connectivity index (χ1) is 7.88. The van der Waals surface area contributed by atoms with Gasteiger partial charge >= 0.3 is 0 Å². The summed E-state index contributed by atoms with van der Waals surface area (Å²) in [5.41, 5.74) is 1.30. The number of aromatic nitrogens is 2. The minimum Gasteiger partial charge on any atom is -0.372 e. The molecule has 82 valence electrons. The van der Waals surface area contributed by atoms with E-state index in [0.717, 1.165) is 16.6 Å². The molecule has 3 nitrogen and oxygen atoms in total. The Labute approximate surface area is 99.3 Å². The maximum absolute atomic E-state index is 4.40. The van der Waals surface area contributed by atoms with Crippen molar-refractivity contribution in [2.45, 2.75) is 10.8 Å². The molecule has 1 N–H and O–H groups in total. The van der Waals surface area contributed by atoms with Crippen molar-refractivity contribution in [1.82, 2.24) is 9.97 Å². The van der Waals surface area contributed by atoms with Gasteiger partial charge in [-0.15, -0.1) is 11.8 Å². The third-order valence-electron chi connectivity index (χ3n) is 2.10. The highest BCUT2D eigenvalue weighted by Gasteiger charge is 1.99. The second-order valence-corrected chi connectivity index (χ2v) is 4.26. The first-order valence-electron chi connectivity index (χ1n) is 5.05. The molecule has 0 spiro atoms.